The Morgan fingerprint density at radius 3 is 2.73 bits per heavy atom. The second-order valence-corrected chi connectivity index (χ2v) is 5.23. The first-order chi connectivity index (χ1) is 6.98. The highest BCUT2D eigenvalue weighted by Crippen LogP contribution is 2.48. The Kier molecular flexibility index (Phi) is 1.75. The van der Waals surface area contributed by atoms with Crippen molar-refractivity contribution >= 4 is 5.97 Å². The summed E-state index contributed by atoms with van der Waals surface area (Å²) in [5.41, 5.74) is 0. The highest BCUT2D eigenvalue weighted by molar-refractivity contribution is 5.75. The van der Waals surface area contributed by atoms with Gasteiger partial charge in [0.1, 0.15) is 12.2 Å². The predicted octanol–water partition coefficient (Wildman–Crippen LogP) is 1.09. The topological polar surface area (TPSA) is 44.8 Å². The summed E-state index contributed by atoms with van der Waals surface area (Å²) >= 11 is 0. The summed E-state index contributed by atoms with van der Waals surface area (Å²) in [5, 5.41) is 0. The maximum Gasteiger partial charge on any atom is 0.309 e. The van der Waals surface area contributed by atoms with E-state index in [4.69, 9.17) is 14.2 Å². The van der Waals surface area contributed by atoms with Crippen LogP contribution in [0.1, 0.15) is 27.2 Å². The third-order valence-electron chi connectivity index (χ3n) is 3.74. The summed E-state index contributed by atoms with van der Waals surface area (Å²) < 4.78 is 16.9. The quantitative estimate of drug-likeness (QED) is 0.564. The van der Waals surface area contributed by atoms with Gasteiger partial charge in [-0.2, -0.15) is 0 Å². The van der Waals surface area contributed by atoms with Gasteiger partial charge in [-0.3, -0.25) is 4.79 Å². The average molecular weight is 212 g/mol. The zero-order valence-electron chi connectivity index (χ0n) is 9.23. The molecule has 3 fully saturated rings. The Morgan fingerprint density at radius 1 is 1.27 bits per heavy atom. The van der Waals surface area contributed by atoms with E-state index in [0.717, 1.165) is 6.42 Å². The number of carbonyl (C=O) groups is 1. The summed E-state index contributed by atoms with van der Waals surface area (Å²) in [6.45, 7) is 5.74. The molecule has 5 unspecified atom stereocenters. The van der Waals surface area contributed by atoms with Crippen LogP contribution in [0.3, 0.4) is 0 Å². The van der Waals surface area contributed by atoms with Gasteiger partial charge in [-0.25, -0.2) is 0 Å². The summed E-state index contributed by atoms with van der Waals surface area (Å²) in [6, 6.07) is 0. The van der Waals surface area contributed by atoms with E-state index in [1.807, 2.05) is 20.8 Å². The van der Waals surface area contributed by atoms with E-state index >= 15 is 0 Å². The highest BCUT2D eigenvalue weighted by atomic mass is 16.8. The van der Waals surface area contributed by atoms with Crippen molar-refractivity contribution in [2.24, 2.45) is 11.8 Å². The van der Waals surface area contributed by atoms with Crippen LogP contribution in [0.4, 0.5) is 0 Å². The molecule has 0 bridgehead atoms. The lowest BCUT2D eigenvalue weighted by Gasteiger charge is -2.21. The number of fused-ring (bicyclic) bond motifs is 3. The van der Waals surface area contributed by atoms with Crippen molar-refractivity contribution in [1.82, 2.24) is 0 Å². The number of hydrogen-bond donors (Lipinski definition) is 0. The SMILES string of the molecule is CC1C(=O)OC2C1CC1OC(C)(C)OC12. The second kappa shape index (κ2) is 2.74. The van der Waals surface area contributed by atoms with E-state index in [1.165, 1.54) is 0 Å². The molecular weight excluding hydrogens is 196 g/mol. The molecule has 0 N–H and O–H groups in total. The third-order valence-corrected chi connectivity index (χ3v) is 3.74. The molecule has 4 heteroatoms. The normalized spacial score (nSPS) is 51.4. The lowest BCUT2D eigenvalue weighted by Crippen LogP contribution is -2.31. The largest absolute Gasteiger partial charge is 0.459 e. The van der Waals surface area contributed by atoms with E-state index in [0.29, 0.717) is 0 Å². The maximum absolute atomic E-state index is 11.4. The van der Waals surface area contributed by atoms with Gasteiger partial charge in [-0.15, -0.1) is 0 Å². The number of hydrogen-bond acceptors (Lipinski definition) is 4. The molecule has 3 rings (SSSR count). The van der Waals surface area contributed by atoms with E-state index in [1.54, 1.807) is 0 Å². The zero-order valence-corrected chi connectivity index (χ0v) is 9.23. The van der Waals surface area contributed by atoms with Gasteiger partial charge in [0.25, 0.3) is 0 Å². The molecule has 1 saturated carbocycles. The lowest BCUT2D eigenvalue weighted by molar-refractivity contribution is -0.169. The van der Waals surface area contributed by atoms with Crippen molar-refractivity contribution in [3.63, 3.8) is 0 Å². The number of rotatable bonds is 0. The van der Waals surface area contributed by atoms with Gasteiger partial charge < -0.3 is 14.2 Å². The van der Waals surface area contributed by atoms with Crippen LogP contribution in [-0.2, 0) is 19.0 Å². The molecule has 0 radical (unpaired) electrons. The molecule has 0 amide bonds. The second-order valence-electron chi connectivity index (χ2n) is 5.23. The van der Waals surface area contributed by atoms with Crippen LogP contribution in [0.15, 0.2) is 0 Å². The summed E-state index contributed by atoms with van der Waals surface area (Å²) in [4.78, 5) is 11.4. The molecule has 5 atom stereocenters. The van der Waals surface area contributed by atoms with Gasteiger partial charge in [-0.1, -0.05) is 6.92 Å². The molecule has 0 aromatic rings. The number of esters is 1. The van der Waals surface area contributed by atoms with Crippen LogP contribution in [0.5, 0.6) is 0 Å². The molecule has 84 valence electrons. The molecule has 2 heterocycles. The van der Waals surface area contributed by atoms with E-state index in [-0.39, 0.29) is 36.1 Å². The van der Waals surface area contributed by atoms with Crippen molar-refractivity contribution in [3.8, 4) is 0 Å². The van der Waals surface area contributed by atoms with Crippen molar-refractivity contribution in [2.75, 3.05) is 0 Å². The first-order valence-electron chi connectivity index (χ1n) is 5.54. The zero-order chi connectivity index (χ0) is 10.8. The van der Waals surface area contributed by atoms with Crippen molar-refractivity contribution in [3.05, 3.63) is 0 Å². The van der Waals surface area contributed by atoms with Gasteiger partial charge in [-0.05, 0) is 20.3 Å². The first kappa shape index (κ1) is 9.60. The van der Waals surface area contributed by atoms with Gasteiger partial charge in [0.05, 0.1) is 12.0 Å². The monoisotopic (exact) mass is 212 g/mol. The Hall–Kier alpha value is -0.610. The summed E-state index contributed by atoms with van der Waals surface area (Å²) in [7, 11) is 0. The maximum atomic E-state index is 11.4. The van der Waals surface area contributed by atoms with Crippen LogP contribution in [0.25, 0.3) is 0 Å². The first-order valence-corrected chi connectivity index (χ1v) is 5.54. The number of carbonyl (C=O) groups excluding carboxylic acids is 1. The van der Waals surface area contributed by atoms with E-state index in [9.17, 15) is 4.79 Å². The lowest BCUT2D eigenvalue weighted by atomic mass is 9.94. The van der Waals surface area contributed by atoms with Crippen molar-refractivity contribution < 1.29 is 19.0 Å². The van der Waals surface area contributed by atoms with Crippen LogP contribution in [0.2, 0.25) is 0 Å². The summed E-state index contributed by atoms with van der Waals surface area (Å²) in [6.07, 6.45) is 0.842. The Morgan fingerprint density at radius 2 is 2.00 bits per heavy atom. The molecule has 0 spiro atoms. The fourth-order valence-corrected chi connectivity index (χ4v) is 3.03. The standard InChI is InChI=1S/C11H16O4/c1-5-6-4-7-9(8(6)13-10(5)12)15-11(2,3)14-7/h5-9H,4H2,1-3H3. The molecule has 0 aromatic carbocycles. The molecule has 15 heavy (non-hydrogen) atoms. The minimum absolute atomic E-state index is 0.00378. The minimum atomic E-state index is -0.529. The van der Waals surface area contributed by atoms with Gasteiger partial charge in [0.15, 0.2) is 5.79 Å². The molecule has 2 saturated heterocycles. The Bertz CT molecular complexity index is 312. The molecule has 3 aliphatic rings. The number of ether oxygens (including phenoxy) is 3. The highest BCUT2D eigenvalue weighted by Gasteiger charge is 2.60. The average Bonchev–Trinajstić information content (AvgIpc) is 2.66. The van der Waals surface area contributed by atoms with Gasteiger partial charge in [0.2, 0.25) is 0 Å². The van der Waals surface area contributed by atoms with E-state index < -0.39 is 5.79 Å². The van der Waals surface area contributed by atoms with E-state index in [2.05, 4.69) is 0 Å². The molecule has 1 aliphatic carbocycles. The molecule has 2 aliphatic heterocycles. The van der Waals surface area contributed by atoms with Crippen LogP contribution < -0.4 is 0 Å². The Labute approximate surface area is 88.9 Å². The molecule has 0 aromatic heterocycles. The van der Waals surface area contributed by atoms with Crippen molar-refractivity contribution in [2.45, 2.75) is 51.3 Å². The van der Waals surface area contributed by atoms with Gasteiger partial charge in [0, 0.05) is 5.92 Å². The minimum Gasteiger partial charge on any atom is -0.459 e. The fraction of sp³-hybridized carbons (Fsp3) is 0.909. The predicted molar refractivity (Wildman–Crippen MR) is 51.0 cm³/mol. The summed E-state index contributed by atoms with van der Waals surface area (Å²) in [5.74, 6) is -0.338. The van der Waals surface area contributed by atoms with Crippen LogP contribution in [-0.4, -0.2) is 30.1 Å². The van der Waals surface area contributed by atoms with Gasteiger partial charge >= 0.3 is 5.97 Å². The van der Waals surface area contributed by atoms with Crippen molar-refractivity contribution in [1.29, 1.82) is 0 Å². The Balaban J connectivity index is 1.83. The van der Waals surface area contributed by atoms with Crippen LogP contribution in [0, 0.1) is 11.8 Å². The molecule has 4 nitrogen and oxygen atoms in total. The smallest absolute Gasteiger partial charge is 0.309 e. The molecular formula is C11H16O4. The van der Waals surface area contributed by atoms with Crippen LogP contribution >= 0.6 is 0 Å². The fourth-order valence-electron chi connectivity index (χ4n) is 3.03. The third kappa shape index (κ3) is 1.24.